The van der Waals surface area contributed by atoms with E-state index < -0.39 is 0 Å². The molecule has 0 aromatic heterocycles. The molecule has 4 rings (SSSR count). The maximum absolute atomic E-state index is 13.3. The van der Waals surface area contributed by atoms with Crippen LogP contribution in [-0.2, 0) is 19.0 Å². The van der Waals surface area contributed by atoms with Crippen molar-refractivity contribution < 1.29 is 19.0 Å². The SMILES string of the molecule is COC1CCCCC1C1COC2CC(OCC3CCC(C)CC3)CCC2C1=O. The lowest BCUT2D eigenvalue weighted by molar-refractivity contribution is -0.165. The van der Waals surface area contributed by atoms with Crippen molar-refractivity contribution >= 4 is 5.78 Å². The Kier molecular flexibility index (Phi) is 7.11. The van der Waals surface area contributed by atoms with Crippen LogP contribution in [0.1, 0.15) is 77.6 Å². The standard InChI is InChI=1S/C24H40O4/c1-16-7-9-17(10-8-16)14-27-18-11-12-20-23(13-18)28-15-21(24(20)25)19-5-3-4-6-22(19)26-2/h16-23H,3-15H2,1-2H3. The van der Waals surface area contributed by atoms with Gasteiger partial charge in [0.15, 0.2) is 0 Å². The Labute approximate surface area is 171 Å². The Morgan fingerprint density at radius 1 is 0.964 bits per heavy atom. The van der Waals surface area contributed by atoms with Crippen molar-refractivity contribution in [2.45, 2.75) is 95.9 Å². The summed E-state index contributed by atoms with van der Waals surface area (Å²) in [5.41, 5.74) is 0. The first kappa shape index (κ1) is 20.8. The average molecular weight is 393 g/mol. The highest BCUT2D eigenvalue weighted by Gasteiger charge is 2.47. The van der Waals surface area contributed by atoms with E-state index in [-0.39, 0.29) is 30.1 Å². The van der Waals surface area contributed by atoms with E-state index in [2.05, 4.69) is 6.92 Å². The summed E-state index contributed by atoms with van der Waals surface area (Å²) in [5, 5.41) is 0. The van der Waals surface area contributed by atoms with Crippen LogP contribution in [0.4, 0.5) is 0 Å². The average Bonchev–Trinajstić information content (AvgIpc) is 2.73. The Hall–Kier alpha value is -0.450. The Balaban J connectivity index is 1.27. The van der Waals surface area contributed by atoms with Gasteiger partial charge in [-0.1, -0.05) is 32.6 Å². The minimum absolute atomic E-state index is 0.0493. The number of Topliss-reactive ketones (excluding diaryl/α,β-unsaturated/α-hetero) is 1. The summed E-state index contributed by atoms with van der Waals surface area (Å²) in [6.07, 6.45) is 13.5. The number of hydrogen-bond acceptors (Lipinski definition) is 4. The highest BCUT2D eigenvalue weighted by molar-refractivity contribution is 5.85. The molecule has 160 valence electrons. The molecule has 0 aromatic carbocycles. The number of fused-ring (bicyclic) bond motifs is 1. The Morgan fingerprint density at radius 3 is 2.54 bits per heavy atom. The maximum atomic E-state index is 13.3. The van der Waals surface area contributed by atoms with Gasteiger partial charge in [-0.15, -0.1) is 0 Å². The van der Waals surface area contributed by atoms with Gasteiger partial charge in [0.05, 0.1) is 24.9 Å². The van der Waals surface area contributed by atoms with Crippen LogP contribution in [0.25, 0.3) is 0 Å². The van der Waals surface area contributed by atoms with Crippen LogP contribution in [0.3, 0.4) is 0 Å². The molecule has 0 spiro atoms. The quantitative estimate of drug-likeness (QED) is 0.675. The highest BCUT2D eigenvalue weighted by Crippen LogP contribution is 2.41. The largest absolute Gasteiger partial charge is 0.381 e. The van der Waals surface area contributed by atoms with Gasteiger partial charge in [-0.2, -0.15) is 0 Å². The van der Waals surface area contributed by atoms with Gasteiger partial charge >= 0.3 is 0 Å². The van der Waals surface area contributed by atoms with E-state index in [1.54, 1.807) is 7.11 Å². The Bertz CT molecular complexity index is 513. The second-order valence-electron chi connectivity index (χ2n) is 10.1. The smallest absolute Gasteiger partial charge is 0.144 e. The zero-order valence-corrected chi connectivity index (χ0v) is 17.9. The van der Waals surface area contributed by atoms with Crippen LogP contribution in [-0.4, -0.2) is 44.4 Å². The van der Waals surface area contributed by atoms with Crippen molar-refractivity contribution in [3.05, 3.63) is 0 Å². The number of carbonyl (C=O) groups excluding carboxylic acids is 1. The molecule has 0 N–H and O–H groups in total. The van der Waals surface area contributed by atoms with Crippen LogP contribution >= 0.6 is 0 Å². The molecule has 1 heterocycles. The van der Waals surface area contributed by atoms with E-state index in [1.165, 1.54) is 38.5 Å². The normalized spacial score (nSPS) is 44.9. The molecule has 4 aliphatic rings. The number of hydrogen-bond donors (Lipinski definition) is 0. The second kappa shape index (κ2) is 9.57. The first-order valence-electron chi connectivity index (χ1n) is 12.0. The van der Waals surface area contributed by atoms with E-state index in [1.807, 2.05) is 0 Å². The molecule has 0 aromatic rings. The molecular weight excluding hydrogens is 352 g/mol. The summed E-state index contributed by atoms with van der Waals surface area (Å²) < 4.78 is 18.3. The van der Waals surface area contributed by atoms with Crippen molar-refractivity contribution in [1.82, 2.24) is 0 Å². The van der Waals surface area contributed by atoms with Crippen molar-refractivity contribution in [3.63, 3.8) is 0 Å². The number of methoxy groups -OCH3 is 1. The van der Waals surface area contributed by atoms with Gasteiger partial charge in [0.25, 0.3) is 0 Å². The van der Waals surface area contributed by atoms with Gasteiger partial charge in [0.1, 0.15) is 5.78 Å². The fourth-order valence-electron chi connectivity index (χ4n) is 6.32. The van der Waals surface area contributed by atoms with Crippen LogP contribution in [0.5, 0.6) is 0 Å². The third-order valence-corrected chi connectivity index (χ3v) is 8.24. The van der Waals surface area contributed by atoms with Crippen LogP contribution in [0.15, 0.2) is 0 Å². The molecule has 3 saturated carbocycles. The third kappa shape index (κ3) is 4.65. The molecule has 28 heavy (non-hydrogen) atoms. The topological polar surface area (TPSA) is 44.8 Å². The molecule has 0 bridgehead atoms. The summed E-state index contributed by atoms with van der Waals surface area (Å²) in [6.45, 7) is 3.87. The summed E-state index contributed by atoms with van der Waals surface area (Å²) in [6, 6.07) is 0. The molecule has 0 amide bonds. The van der Waals surface area contributed by atoms with Gasteiger partial charge in [-0.25, -0.2) is 0 Å². The number of carbonyl (C=O) groups is 1. The van der Waals surface area contributed by atoms with Crippen LogP contribution in [0.2, 0.25) is 0 Å². The lowest BCUT2D eigenvalue weighted by Crippen LogP contribution is -2.51. The van der Waals surface area contributed by atoms with Crippen molar-refractivity contribution in [1.29, 1.82) is 0 Å². The molecule has 0 radical (unpaired) electrons. The van der Waals surface area contributed by atoms with E-state index in [4.69, 9.17) is 14.2 Å². The molecule has 4 heteroatoms. The molecule has 4 fully saturated rings. The third-order valence-electron chi connectivity index (χ3n) is 8.24. The zero-order chi connectivity index (χ0) is 19.5. The maximum Gasteiger partial charge on any atom is 0.144 e. The molecular formula is C24H40O4. The first-order valence-corrected chi connectivity index (χ1v) is 12.0. The zero-order valence-electron chi connectivity index (χ0n) is 17.9. The number of ether oxygens (including phenoxy) is 3. The lowest BCUT2D eigenvalue weighted by atomic mass is 9.69. The van der Waals surface area contributed by atoms with E-state index in [9.17, 15) is 4.79 Å². The lowest BCUT2D eigenvalue weighted by Gasteiger charge is -2.45. The van der Waals surface area contributed by atoms with Gasteiger partial charge < -0.3 is 14.2 Å². The summed E-state index contributed by atoms with van der Waals surface area (Å²) in [4.78, 5) is 13.3. The Morgan fingerprint density at radius 2 is 1.75 bits per heavy atom. The highest BCUT2D eigenvalue weighted by atomic mass is 16.5. The van der Waals surface area contributed by atoms with Crippen molar-refractivity contribution in [3.8, 4) is 0 Å². The fraction of sp³-hybridized carbons (Fsp3) is 0.958. The summed E-state index contributed by atoms with van der Waals surface area (Å²) >= 11 is 0. The van der Waals surface area contributed by atoms with E-state index in [0.29, 0.717) is 18.3 Å². The van der Waals surface area contributed by atoms with Gasteiger partial charge in [0.2, 0.25) is 0 Å². The minimum Gasteiger partial charge on any atom is -0.381 e. The summed E-state index contributed by atoms with van der Waals surface area (Å²) in [7, 11) is 1.80. The van der Waals surface area contributed by atoms with Gasteiger partial charge in [-0.3, -0.25) is 4.79 Å². The monoisotopic (exact) mass is 392 g/mol. The van der Waals surface area contributed by atoms with Crippen LogP contribution < -0.4 is 0 Å². The minimum atomic E-state index is 0.0493. The molecule has 1 aliphatic heterocycles. The molecule has 1 saturated heterocycles. The van der Waals surface area contributed by atoms with Gasteiger partial charge in [0, 0.05) is 32.0 Å². The van der Waals surface area contributed by atoms with Gasteiger partial charge in [-0.05, 0) is 56.3 Å². The predicted octanol–water partition coefficient (Wildman–Crippen LogP) is 4.79. The van der Waals surface area contributed by atoms with E-state index in [0.717, 1.165) is 50.5 Å². The number of rotatable bonds is 5. The van der Waals surface area contributed by atoms with Crippen molar-refractivity contribution in [2.24, 2.45) is 29.6 Å². The van der Waals surface area contributed by atoms with Crippen molar-refractivity contribution in [2.75, 3.05) is 20.3 Å². The first-order chi connectivity index (χ1) is 13.7. The second-order valence-corrected chi connectivity index (χ2v) is 10.1. The molecule has 6 atom stereocenters. The summed E-state index contributed by atoms with van der Waals surface area (Å²) in [5.74, 6) is 2.59. The van der Waals surface area contributed by atoms with E-state index >= 15 is 0 Å². The molecule has 6 unspecified atom stereocenters. The predicted molar refractivity (Wildman–Crippen MR) is 109 cm³/mol. The fourth-order valence-corrected chi connectivity index (χ4v) is 6.32. The molecule has 4 nitrogen and oxygen atoms in total. The van der Waals surface area contributed by atoms with Crippen LogP contribution in [0, 0.1) is 29.6 Å². The molecule has 3 aliphatic carbocycles. The number of ketones is 1.